The Morgan fingerprint density at radius 1 is 1.00 bits per heavy atom. The fraction of sp³-hybridized carbons (Fsp3) is 1.00. The highest BCUT2D eigenvalue weighted by atomic mass is 16.5. The first-order valence-corrected chi connectivity index (χ1v) is 5.89. The van der Waals surface area contributed by atoms with Crippen LogP contribution < -0.4 is 5.32 Å². The summed E-state index contributed by atoms with van der Waals surface area (Å²) in [6, 6.07) is 0. The monoisotopic (exact) mass is 215 g/mol. The van der Waals surface area contributed by atoms with E-state index >= 15 is 0 Å². The van der Waals surface area contributed by atoms with Crippen LogP contribution in [-0.2, 0) is 4.74 Å². The Balaban J connectivity index is 2.05. The van der Waals surface area contributed by atoms with Gasteiger partial charge in [-0.15, -0.1) is 0 Å². The van der Waals surface area contributed by atoms with Crippen molar-refractivity contribution in [2.45, 2.75) is 49.8 Å². The largest absolute Gasteiger partial charge is 0.394 e. The molecular formula is C11H21NO3. The van der Waals surface area contributed by atoms with Crippen molar-refractivity contribution in [1.29, 1.82) is 0 Å². The van der Waals surface area contributed by atoms with Crippen LogP contribution in [0.15, 0.2) is 0 Å². The fourth-order valence-corrected chi connectivity index (χ4v) is 2.62. The molecule has 2 aliphatic rings. The predicted molar refractivity (Wildman–Crippen MR) is 56.4 cm³/mol. The zero-order chi connectivity index (χ0) is 10.8. The van der Waals surface area contributed by atoms with E-state index in [2.05, 4.69) is 5.32 Å². The summed E-state index contributed by atoms with van der Waals surface area (Å²) in [6.45, 7) is 0.288. The Kier molecular flexibility index (Phi) is 3.30. The van der Waals surface area contributed by atoms with Crippen molar-refractivity contribution < 1.29 is 14.9 Å². The molecule has 15 heavy (non-hydrogen) atoms. The van der Waals surface area contributed by atoms with Crippen LogP contribution in [0.2, 0.25) is 0 Å². The SMILES string of the molecule is OCC1(CO)COC2(CCCCCC2)N1. The zero-order valence-corrected chi connectivity index (χ0v) is 9.17. The molecule has 4 heteroatoms. The minimum atomic E-state index is -0.621. The van der Waals surface area contributed by atoms with Crippen LogP contribution in [0.25, 0.3) is 0 Å². The van der Waals surface area contributed by atoms with E-state index in [1.165, 1.54) is 25.7 Å². The molecule has 2 fully saturated rings. The minimum absolute atomic E-state index is 0.0642. The molecule has 1 aliphatic heterocycles. The van der Waals surface area contributed by atoms with E-state index in [4.69, 9.17) is 4.74 Å². The van der Waals surface area contributed by atoms with E-state index in [0.717, 1.165) is 12.8 Å². The van der Waals surface area contributed by atoms with Gasteiger partial charge in [0.1, 0.15) is 5.72 Å². The smallest absolute Gasteiger partial charge is 0.119 e. The van der Waals surface area contributed by atoms with Gasteiger partial charge in [0.05, 0.1) is 25.4 Å². The summed E-state index contributed by atoms with van der Waals surface area (Å²) < 4.78 is 5.83. The van der Waals surface area contributed by atoms with Crippen LogP contribution in [0.4, 0.5) is 0 Å². The third-order valence-electron chi connectivity index (χ3n) is 3.63. The Bertz CT molecular complexity index is 208. The van der Waals surface area contributed by atoms with Gasteiger partial charge in [0.25, 0.3) is 0 Å². The van der Waals surface area contributed by atoms with Crippen molar-refractivity contribution in [3.05, 3.63) is 0 Å². The van der Waals surface area contributed by atoms with Gasteiger partial charge in [-0.05, 0) is 25.7 Å². The van der Waals surface area contributed by atoms with Gasteiger partial charge < -0.3 is 14.9 Å². The third-order valence-corrected chi connectivity index (χ3v) is 3.63. The molecule has 4 nitrogen and oxygen atoms in total. The molecule has 0 bridgehead atoms. The summed E-state index contributed by atoms with van der Waals surface area (Å²) in [5, 5.41) is 21.9. The lowest BCUT2D eigenvalue weighted by Gasteiger charge is -2.31. The number of aliphatic hydroxyl groups is 2. The lowest BCUT2D eigenvalue weighted by Crippen LogP contribution is -2.55. The first-order chi connectivity index (χ1) is 7.24. The molecule has 1 spiro atoms. The Morgan fingerprint density at radius 2 is 1.60 bits per heavy atom. The normalized spacial score (nSPS) is 29.2. The molecule has 88 valence electrons. The summed E-state index contributed by atoms with van der Waals surface area (Å²) in [5.41, 5.74) is -0.897. The summed E-state index contributed by atoms with van der Waals surface area (Å²) >= 11 is 0. The van der Waals surface area contributed by atoms with E-state index in [0.29, 0.717) is 6.61 Å². The molecule has 0 aromatic carbocycles. The van der Waals surface area contributed by atoms with Gasteiger partial charge in [-0.1, -0.05) is 12.8 Å². The van der Waals surface area contributed by atoms with Crippen LogP contribution in [0.5, 0.6) is 0 Å². The zero-order valence-electron chi connectivity index (χ0n) is 9.17. The number of ether oxygens (including phenoxy) is 1. The summed E-state index contributed by atoms with van der Waals surface area (Å²) in [6.07, 6.45) is 6.85. The second-order valence-electron chi connectivity index (χ2n) is 4.92. The second kappa shape index (κ2) is 4.37. The van der Waals surface area contributed by atoms with Crippen molar-refractivity contribution in [3.63, 3.8) is 0 Å². The van der Waals surface area contributed by atoms with E-state index in [1.807, 2.05) is 0 Å². The summed E-state index contributed by atoms with van der Waals surface area (Å²) in [5.74, 6) is 0. The third kappa shape index (κ3) is 2.18. The highest BCUT2D eigenvalue weighted by Crippen LogP contribution is 2.34. The van der Waals surface area contributed by atoms with E-state index in [1.54, 1.807) is 0 Å². The maximum atomic E-state index is 9.30. The highest BCUT2D eigenvalue weighted by Gasteiger charge is 2.47. The molecule has 0 radical (unpaired) electrons. The van der Waals surface area contributed by atoms with Gasteiger partial charge in [0.2, 0.25) is 0 Å². The van der Waals surface area contributed by atoms with Crippen LogP contribution >= 0.6 is 0 Å². The lowest BCUT2D eigenvalue weighted by molar-refractivity contribution is -0.0222. The van der Waals surface area contributed by atoms with Gasteiger partial charge in [-0.3, -0.25) is 5.32 Å². The van der Waals surface area contributed by atoms with E-state index in [9.17, 15) is 10.2 Å². The molecule has 0 atom stereocenters. The van der Waals surface area contributed by atoms with Crippen LogP contribution in [-0.4, -0.2) is 41.3 Å². The summed E-state index contributed by atoms with van der Waals surface area (Å²) in [4.78, 5) is 0. The maximum absolute atomic E-state index is 9.30. The molecule has 1 saturated heterocycles. The number of aliphatic hydroxyl groups excluding tert-OH is 2. The van der Waals surface area contributed by atoms with Crippen LogP contribution in [0.1, 0.15) is 38.5 Å². The van der Waals surface area contributed by atoms with Crippen LogP contribution in [0.3, 0.4) is 0 Å². The van der Waals surface area contributed by atoms with E-state index in [-0.39, 0.29) is 18.9 Å². The highest BCUT2D eigenvalue weighted by molar-refractivity contribution is 5.00. The molecule has 2 rings (SSSR count). The fourth-order valence-electron chi connectivity index (χ4n) is 2.62. The average Bonchev–Trinajstić information content (AvgIpc) is 2.47. The molecule has 0 unspecified atom stereocenters. The molecule has 1 saturated carbocycles. The predicted octanol–water partition coefficient (Wildman–Crippen LogP) is 0.380. The Hall–Kier alpha value is -0.160. The molecule has 0 aromatic rings. The van der Waals surface area contributed by atoms with Gasteiger partial charge in [-0.2, -0.15) is 0 Å². The molecule has 0 aromatic heterocycles. The van der Waals surface area contributed by atoms with Gasteiger partial charge in [0.15, 0.2) is 0 Å². The van der Waals surface area contributed by atoms with Crippen molar-refractivity contribution >= 4 is 0 Å². The van der Waals surface area contributed by atoms with Gasteiger partial charge in [-0.25, -0.2) is 0 Å². The first-order valence-electron chi connectivity index (χ1n) is 5.89. The molecule has 0 amide bonds. The Labute approximate surface area is 90.6 Å². The van der Waals surface area contributed by atoms with Crippen molar-refractivity contribution in [2.75, 3.05) is 19.8 Å². The number of hydrogen-bond acceptors (Lipinski definition) is 4. The van der Waals surface area contributed by atoms with Crippen molar-refractivity contribution in [1.82, 2.24) is 5.32 Å². The second-order valence-corrected chi connectivity index (χ2v) is 4.92. The van der Waals surface area contributed by atoms with Crippen molar-refractivity contribution in [3.8, 4) is 0 Å². The standard InChI is InChI=1S/C11H21NO3/c13-7-10(8-14)9-15-11(12-10)5-3-1-2-4-6-11/h12-14H,1-9H2. The van der Waals surface area contributed by atoms with Gasteiger partial charge in [0, 0.05) is 0 Å². The molecule has 1 aliphatic carbocycles. The van der Waals surface area contributed by atoms with Crippen LogP contribution in [0, 0.1) is 0 Å². The summed E-state index contributed by atoms with van der Waals surface area (Å²) in [7, 11) is 0. The average molecular weight is 215 g/mol. The number of hydrogen-bond donors (Lipinski definition) is 3. The maximum Gasteiger partial charge on any atom is 0.119 e. The quantitative estimate of drug-likeness (QED) is 0.623. The molecule has 1 heterocycles. The Morgan fingerprint density at radius 3 is 2.07 bits per heavy atom. The number of rotatable bonds is 2. The van der Waals surface area contributed by atoms with E-state index < -0.39 is 5.54 Å². The number of nitrogens with one attached hydrogen (secondary N) is 1. The minimum Gasteiger partial charge on any atom is -0.394 e. The van der Waals surface area contributed by atoms with Gasteiger partial charge >= 0.3 is 0 Å². The molecule has 3 N–H and O–H groups in total. The first kappa shape index (κ1) is 11.3. The molecular weight excluding hydrogens is 194 g/mol. The van der Waals surface area contributed by atoms with Crippen molar-refractivity contribution in [2.24, 2.45) is 0 Å². The lowest BCUT2D eigenvalue weighted by atomic mass is 10.00. The topological polar surface area (TPSA) is 61.7 Å².